The average molecular weight is 367 g/mol. The van der Waals surface area contributed by atoms with E-state index in [1.807, 2.05) is 0 Å². The quantitative estimate of drug-likeness (QED) is 0.749. The standard InChI is InChI=1S/C11H11ClN2O4S3/c12-3-6(15)5-21(17,18)11-14-7(4-19-11)8-1-2-9(20-8)10(13)16/h1-2,4,6,15H,3,5H2,(H2,13,16). The molecule has 2 heterocycles. The Morgan fingerprint density at radius 1 is 1.48 bits per heavy atom. The minimum absolute atomic E-state index is 0.0873. The average Bonchev–Trinajstić information content (AvgIpc) is 3.06. The second-order valence-electron chi connectivity index (χ2n) is 4.12. The monoisotopic (exact) mass is 366 g/mol. The number of aliphatic hydroxyl groups excluding tert-OH is 1. The predicted octanol–water partition coefficient (Wildman–Crippen LogP) is 1.34. The van der Waals surface area contributed by atoms with Gasteiger partial charge in [-0.2, -0.15) is 0 Å². The van der Waals surface area contributed by atoms with Crippen molar-refractivity contribution in [2.45, 2.75) is 10.4 Å². The van der Waals surface area contributed by atoms with Crippen molar-refractivity contribution in [1.29, 1.82) is 0 Å². The van der Waals surface area contributed by atoms with E-state index in [4.69, 9.17) is 17.3 Å². The SMILES string of the molecule is NC(=O)c1ccc(-c2csc(S(=O)(=O)CC(O)CCl)n2)s1. The van der Waals surface area contributed by atoms with Gasteiger partial charge in [0.1, 0.15) is 0 Å². The molecule has 0 aliphatic rings. The highest BCUT2D eigenvalue weighted by Crippen LogP contribution is 2.30. The minimum Gasteiger partial charge on any atom is -0.391 e. The van der Waals surface area contributed by atoms with Crippen LogP contribution in [0.3, 0.4) is 0 Å². The van der Waals surface area contributed by atoms with Crippen LogP contribution in [0.15, 0.2) is 21.9 Å². The number of alkyl halides is 1. The summed E-state index contributed by atoms with van der Waals surface area (Å²) in [5.74, 6) is -1.18. The number of primary amides is 1. The molecule has 6 nitrogen and oxygen atoms in total. The lowest BCUT2D eigenvalue weighted by molar-refractivity contribution is 0.100. The first kappa shape index (κ1) is 16.4. The van der Waals surface area contributed by atoms with Gasteiger partial charge in [-0.25, -0.2) is 13.4 Å². The maximum absolute atomic E-state index is 12.0. The van der Waals surface area contributed by atoms with Crippen LogP contribution < -0.4 is 5.73 Å². The fourth-order valence-electron chi connectivity index (χ4n) is 1.49. The number of carbonyl (C=O) groups is 1. The number of aromatic nitrogens is 1. The highest BCUT2D eigenvalue weighted by Gasteiger charge is 2.23. The minimum atomic E-state index is -3.68. The van der Waals surface area contributed by atoms with E-state index in [0.29, 0.717) is 15.4 Å². The second-order valence-corrected chi connectivity index (χ2v) is 8.57. The predicted molar refractivity (Wildman–Crippen MR) is 82.7 cm³/mol. The van der Waals surface area contributed by atoms with Crippen LogP contribution in [-0.4, -0.2) is 42.2 Å². The third-order valence-electron chi connectivity index (χ3n) is 2.44. The first-order chi connectivity index (χ1) is 9.83. The summed E-state index contributed by atoms with van der Waals surface area (Å²) in [6.07, 6.45) is -1.13. The number of thiazole rings is 1. The molecular formula is C11H11ClN2O4S3. The number of amides is 1. The maximum atomic E-state index is 12.0. The fraction of sp³-hybridized carbons (Fsp3) is 0.273. The molecule has 10 heteroatoms. The molecule has 2 aromatic rings. The van der Waals surface area contributed by atoms with Crippen molar-refractivity contribution in [3.05, 3.63) is 22.4 Å². The summed E-state index contributed by atoms with van der Waals surface area (Å²) in [6, 6.07) is 3.22. The summed E-state index contributed by atoms with van der Waals surface area (Å²) in [5, 5.41) is 10.9. The highest BCUT2D eigenvalue weighted by molar-refractivity contribution is 7.93. The van der Waals surface area contributed by atoms with Crippen LogP contribution in [0.25, 0.3) is 10.6 Å². The first-order valence-electron chi connectivity index (χ1n) is 5.66. The van der Waals surface area contributed by atoms with E-state index in [0.717, 1.165) is 22.7 Å². The number of hydrogen-bond acceptors (Lipinski definition) is 7. The molecule has 0 bridgehead atoms. The smallest absolute Gasteiger partial charge is 0.258 e. The van der Waals surface area contributed by atoms with Gasteiger partial charge in [0.15, 0.2) is 0 Å². The topological polar surface area (TPSA) is 110 Å². The Kier molecular flexibility index (Phi) is 4.99. The van der Waals surface area contributed by atoms with Gasteiger partial charge in [0.2, 0.25) is 14.2 Å². The van der Waals surface area contributed by atoms with Gasteiger partial charge in [-0.3, -0.25) is 4.79 Å². The summed E-state index contributed by atoms with van der Waals surface area (Å²) in [4.78, 5) is 16.1. The lowest BCUT2D eigenvalue weighted by Crippen LogP contribution is -2.22. The van der Waals surface area contributed by atoms with Crippen molar-refractivity contribution >= 4 is 50.0 Å². The third-order valence-corrected chi connectivity index (χ3v) is 7.05. The zero-order valence-electron chi connectivity index (χ0n) is 10.5. The zero-order chi connectivity index (χ0) is 15.6. The number of hydrogen-bond donors (Lipinski definition) is 2. The molecule has 0 fully saturated rings. The lowest BCUT2D eigenvalue weighted by Gasteiger charge is -2.04. The number of thiophene rings is 1. The Morgan fingerprint density at radius 3 is 2.76 bits per heavy atom. The van der Waals surface area contributed by atoms with Gasteiger partial charge in [0.25, 0.3) is 5.91 Å². The third kappa shape index (κ3) is 3.80. The van der Waals surface area contributed by atoms with Crippen molar-refractivity contribution in [3.8, 4) is 10.6 Å². The molecule has 0 aromatic carbocycles. The van der Waals surface area contributed by atoms with E-state index in [1.54, 1.807) is 17.5 Å². The molecule has 0 saturated carbocycles. The number of nitrogens with two attached hydrogens (primary N) is 1. The molecule has 1 unspecified atom stereocenters. The number of sulfone groups is 1. The Hall–Kier alpha value is -1.00. The summed E-state index contributed by atoms with van der Waals surface area (Å²) in [7, 11) is -3.68. The van der Waals surface area contributed by atoms with Gasteiger partial charge in [-0.1, -0.05) is 0 Å². The van der Waals surface area contributed by atoms with E-state index in [1.165, 1.54) is 0 Å². The van der Waals surface area contributed by atoms with E-state index >= 15 is 0 Å². The molecule has 2 aromatic heterocycles. The van der Waals surface area contributed by atoms with Crippen molar-refractivity contribution in [3.63, 3.8) is 0 Å². The van der Waals surface area contributed by atoms with Crippen LogP contribution in [0.2, 0.25) is 0 Å². The molecule has 1 atom stereocenters. The van der Waals surface area contributed by atoms with Gasteiger partial charge in [0.05, 0.1) is 27.3 Å². The molecule has 1 amide bonds. The molecule has 2 rings (SSSR count). The molecule has 21 heavy (non-hydrogen) atoms. The van der Waals surface area contributed by atoms with Gasteiger partial charge in [-0.15, -0.1) is 34.3 Å². The van der Waals surface area contributed by atoms with Crippen LogP contribution >= 0.6 is 34.3 Å². The molecule has 0 radical (unpaired) electrons. The largest absolute Gasteiger partial charge is 0.391 e. The molecule has 3 N–H and O–H groups in total. The van der Waals surface area contributed by atoms with Gasteiger partial charge in [-0.05, 0) is 12.1 Å². The molecular weight excluding hydrogens is 356 g/mol. The van der Waals surface area contributed by atoms with Crippen LogP contribution in [0.1, 0.15) is 9.67 Å². The van der Waals surface area contributed by atoms with Crippen molar-refractivity contribution in [2.24, 2.45) is 5.73 Å². The molecule has 0 aliphatic heterocycles. The van der Waals surface area contributed by atoms with E-state index in [9.17, 15) is 18.3 Å². The normalized spacial score (nSPS) is 13.2. The number of nitrogens with zero attached hydrogens (tertiary/aromatic N) is 1. The Balaban J connectivity index is 2.26. The number of aliphatic hydroxyl groups is 1. The van der Waals surface area contributed by atoms with Gasteiger partial charge >= 0.3 is 0 Å². The Morgan fingerprint density at radius 2 is 2.19 bits per heavy atom. The van der Waals surface area contributed by atoms with E-state index < -0.39 is 27.6 Å². The summed E-state index contributed by atoms with van der Waals surface area (Å²) in [5.41, 5.74) is 5.62. The highest BCUT2D eigenvalue weighted by atomic mass is 35.5. The number of rotatable bonds is 6. The molecule has 0 spiro atoms. The van der Waals surface area contributed by atoms with Gasteiger partial charge in [0, 0.05) is 11.3 Å². The lowest BCUT2D eigenvalue weighted by atomic mass is 10.3. The number of carbonyl (C=O) groups excluding carboxylic acids is 1. The molecule has 0 saturated heterocycles. The number of halogens is 1. The first-order valence-corrected chi connectivity index (χ1v) is 9.54. The summed E-state index contributed by atoms with van der Waals surface area (Å²) < 4.78 is 23.9. The Labute approximate surface area is 134 Å². The molecule has 114 valence electrons. The summed E-state index contributed by atoms with van der Waals surface area (Å²) >= 11 is 7.50. The zero-order valence-corrected chi connectivity index (χ0v) is 13.7. The van der Waals surface area contributed by atoms with Crippen LogP contribution in [-0.2, 0) is 9.84 Å². The second kappa shape index (κ2) is 6.41. The summed E-state index contributed by atoms with van der Waals surface area (Å²) in [6.45, 7) is 0. The van der Waals surface area contributed by atoms with Crippen molar-refractivity contribution in [1.82, 2.24) is 4.98 Å². The van der Waals surface area contributed by atoms with Crippen LogP contribution in [0, 0.1) is 0 Å². The van der Waals surface area contributed by atoms with Crippen LogP contribution in [0.4, 0.5) is 0 Å². The maximum Gasteiger partial charge on any atom is 0.258 e. The Bertz CT molecular complexity index is 753. The molecule has 0 aliphatic carbocycles. The fourth-order valence-corrected chi connectivity index (χ4v) is 5.10. The van der Waals surface area contributed by atoms with Gasteiger partial charge < -0.3 is 10.8 Å². The van der Waals surface area contributed by atoms with Crippen LogP contribution in [0.5, 0.6) is 0 Å². The van der Waals surface area contributed by atoms with E-state index in [2.05, 4.69) is 4.98 Å². The van der Waals surface area contributed by atoms with Crippen molar-refractivity contribution in [2.75, 3.05) is 11.6 Å². The van der Waals surface area contributed by atoms with E-state index in [-0.39, 0.29) is 10.2 Å². The van der Waals surface area contributed by atoms with Crippen molar-refractivity contribution < 1.29 is 18.3 Å².